The van der Waals surface area contributed by atoms with Crippen molar-refractivity contribution in [3.05, 3.63) is 114 Å². The Morgan fingerprint density at radius 3 is 2.20 bits per heavy atom. The van der Waals surface area contributed by atoms with Crippen molar-refractivity contribution >= 4 is 27.7 Å². The predicted molar refractivity (Wildman–Crippen MR) is 176 cm³/mol. The number of rotatable bonds is 11. The van der Waals surface area contributed by atoms with E-state index in [2.05, 4.69) is 92.5 Å². The number of methoxy groups -OCH3 is 1. The number of piperidine rings is 1. The van der Waals surface area contributed by atoms with Gasteiger partial charge in [-0.05, 0) is 79.7 Å². The molecule has 0 saturated carbocycles. The van der Waals surface area contributed by atoms with Gasteiger partial charge in [-0.1, -0.05) is 48.5 Å². The molecule has 1 aliphatic rings. The van der Waals surface area contributed by atoms with Crippen molar-refractivity contribution in [3.8, 4) is 5.75 Å². The van der Waals surface area contributed by atoms with Crippen molar-refractivity contribution in [1.29, 1.82) is 0 Å². The second-order valence-electron chi connectivity index (χ2n) is 12.1. The number of aromatic amines is 2. The number of carbonyl (C=O) groups excluding carboxylic acids is 1. The minimum absolute atomic E-state index is 0.0226. The second-order valence-corrected chi connectivity index (χ2v) is 12.1. The molecule has 1 atom stereocenters. The smallest absolute Gasteiger partial charge is 0.220 e. The highest BCUT2D eigenvalue weighted by molar-refractivity contribution is 5.83. The number of fused-ring (bicyclic) bond motifs is 2. The summed E-state index contributed by atoms with van der Waals surface area (Å²) < 4.78 is 7.74. The van der Waals surface area contributed by atoms with E-state index in [0.717, 1.165) is 79.2 Å². The fraction of sp³-hybridized carbons (Fsp3) is 0.306. The third-order valence-electron chi connectivity index (χ3n) is 9.41. The summed E-state index contributed by atoms with van der Waals surface area (Å²) in [5.41, 5.74) is 11.7. The van der Waals surface area contributed by atoms with E-state index >= 15 is 0 Å². The van der Waals surface area contributed by atoms with Crippen LogP contribution in [0.5, 0.6) is 5.75 Å². The number of aryl methyl sites for hydroxylation is 2. The van der Waals surface area contributed by atoms with Crippen LogP contribution in [0.25, 0.3) is 21.8 Å². The van der Waals surface area contributed by atoms with Crippen LogP contribution in [0.2, 0.25) is 0 Å². The maximum Gasteiger partial charge on any atom is 0.220 e. The van der Waals surface area contributed by atoms with E-state index in [1.54, 1.807) is 7.11 Å². The monoisotopic (exact) mass is 601 g/mol. The molecule has 9 nitrogen and oxygen atoms in total. The lowest BCUT2D eigenvalue weighted by molar-refractivity contribution is -0.123. The van der Waals surface area contributed by atoms with Gasteiger partial charge in [0.05, 0.1) is 19.7 Å². The highest BCUT2D eigenvalue weighted by Gasteiger charge is 2.32. The molecule has 9 heteroatoms. The summed E-state index contributed by atoms with van der Waals surface area (Å²) in [6, 6.07) is 25.0. The van der Waals surface area contributed by atoms with Crippen LogP contribution in [-0.2, 0) is 30.6 Å². The minimum Gasteiger partial charge on any atom is -0.497 e. The van der Waals surface area contributed by atoms with Crippen molar-refractivity contribution in [1.82, 2.24) is 29.6 Å². The number of para-hydroxylation sites is 2. The zero-order valence-electron chi connectivity index (χ0n) is 25.6. The lowest BCUT2D eigenvalue weighted by atomic mass is 9.93. The number of hydrogen-bond acceptors (Lipinski definition) is 5. The summed E-state index contributed by atoms with van der Waals surface area (Å²) in [5, 5.41) is 12.2. The van der Waals surface area contributed by atoms with Crippen molar-refractivity contribution in [2.45, 2.75) is 44.7 Å². The van der Waals surface area contributed by atoms with Gasteiger partial charge in [-0.3, -0.25) is 9.69 Å². The molecular formula is C36H39N7O2. The Kier molecular flexibility index (Phi) is 8.09. The fourth-order valence-electron chi connectivity index (χ4n) is 6.84. The Balaban J connectivity index is 1.26. The van der Waals surface area contributed by atoms with Crippen LogP contribution in [0.3, 0.4) is 0 Å². The largest absolute Gasteiger partial charge is 0.497 e. The second kappa shape index (κ2) is 12.6. The molecule has 0 unspecified atom stereocenters. The third-order valence-corrected chi connectivity index (χ3v) is 9.41. The molecular weight excluding hydrogens is 562 g/mol. The zero-order valence-corrected chi connectivity index (χ0v) is 25.6. The SMILES string of the molecule is COc1ccc(Cn2c(CCc3c[nH]c4ccccc34)nnc2[C@@H](Cc2c[nH]c3ccccc23)N2CCC(C(N)=O)CC2)cc1. The number of aromatic nitrogens is 5. The summed E-state index contributed by atoms with van der Waals surface area (Å²) in [6.07, 6.45) is 8.11. The number of nitrogens with zero attached hydrogens (tertiary/aromatic N) is 4. The average molecular weight is 602 g/mol. The maximum atomic E-state index is 12.0. The number of carbonyl (C=O) groups is 1. The molecule has 4 N–H and O–H groups in total. The van der Waals surface area contributed by atoms with Crippen molar-refractivity contribution in [2.24, 2.45) is 11.7 Å². The number of hydrogen-bond donors (Lipinski definition) is 3. The third kappa shape index (κ3) is 5.95. The predicted octanol–water partition coefficient (Wildman–Crippen LogP) is 5.56. The first kappa shape index (κ1) is 28.9. The van der Waals surface area contributed by atoms with Gasteiger partial charge in [0, 0.05) is 46.5 Å². The molecule has 45 heavy (non-hydrogen) atoms. The summed E-state index contributed by atoms with van der Waals surface area (Å²) in [6.45, 7) is 2.21. The first-order valence-corrected chi connectivity index (χ1v) is 15.8. The molecule has 0 bridgehead atoms. The van der Waals surface area contributed by atoms with E-state index in [9.17, 15) is 4.79 Å². The standard InChI is InChI=1S/C36H39N7O2/c1-45-28-13-10-24(11-14-28)23-43-34(15-12-26-21-38-31-8-4-2-6-29(26)31)40-41-36(43)33(42-18-16-25(17-19-42)35(37)44)20-27-22-39-32-9-5-3-7-30(27)32/h2-11,13-14,21-22,25,33,38-39H,12,15-20,23H2,1H3,(H2,37,44)/t33-/m1/s1. The number of benzene rings is 3. The van der Waals surface area contributed by atoms with Crippen LogP contribution in [0.15, 0.2) is 85.2 Å². The zero-order chi connectivity index (χ0) is 30.8. The van der Waals surface area contributed by atoms with E-state index in [0.29, 0.717) is 6.54 Å². The maximum absolute atomic E-state index is 12.0. The van der Waals surface area contributed by atoms with Gasteiger partial charge in [0.2, 0.25) is 5.91 Å². The first-order valence-electron chi connectivity index (χ1n) is 15.8. The molecule has 1 fully saturated rings. The number of likely N-dealkylation sites (tertiary alicyclic amines) is 1. The Labute approximate surface area is 262 Å². The minimum atomic E-state index is -0.204. The van der Waals surface area contributed by atoms with Crippen molar-refractivity contribution < 1.29 is 9.53 Å². The van der Waals surface area contributed by atoms with Gasteiger partial charge < -0.3 is 25.0 Å². The number of H-pyrrole nitrogens is 2. The molecule has 1 aliphatic heterocycles. The summed E-state index contributed by atoms with van der Waals surface area (Å²) in [5.74, 6) is 2.45. The molecule has 0 aliphatic carbocycles. The molecule has 6 aromatic rings. The van der Waals surface area contributed by atoms with Gasteiger partial charge in [-0.15, -0.1) is 10.2 Å². The fourth-order valence-corrected chi connectivity index (χ4v) is 6.84. The van der Waals surface area contributed by atoms with Crippen LogP contribution < -0.4 is 10.5 Å². The topological polar surface area (TPSA) is 118 Å². The summed E-state index contributed by atoms with van der Waals surface area (Å²) in [4.78, 5) is 21.4. The Bertz CT molecular complexity index is 1910. The highest BCUT2D eigenvalue weighted by Crippen LogP contribution is 2.32. The van der Waals surface area contributed by atoms with E-state index in [4.69, 9.17) is 20.7 Å². The lowest BCUT2D eigenvalue weighted by Gasteiger charge is -2.36. The molecule has 7 rings (SSSR count). The van der Waals surface area contributed by atoms with Crippen molar-refractivity contribution in [2.75, 3.05) is 20.2 Å². The van der Waals surface area contributed by atoms with Crippen LogP contribution >= 0.6 is 0 Å². The lowest BCUT2D eigenvalue weighted by Crippen LogP contribution is -2.42. The van der Waals surface area contributed by atoms with E-state index < -0.39 is 0 Å². The summed E-state index contributed by atoms with van der Waals surface area (Å²) >= 11 is 0. The van der Waals surface area contributed by atoms with E-state index in [1.807, 2.05) is 12.1 Å². The normalized spacial score (nSPS) is 15.1. The molecule has 1 saturated heterocycles. The Morgan fingerprint density at radius 1 is 0.889 bits per heavy atom. The van der Waals surface area contributed by atoms with Gasteiger partial charge in [0.1, 0.15) is 11.6 Å². The molecule has 230 valence electrons. The van der Waals surface area contributed by atoms with Crippen LogP contribution in [0.1, 0.15) is 47.2 Å². The number of amides is 1. The van der Waals surface area contributed by atoms with Gasteiger partial charge in [0.15, 0.2) is 5.82 Å². The number of primary amides is 1. The van der Waals surface area contributed by atoms with Gasteiger partial charge in [0.25, 0.3) is 0 Å². The van der Waals surface area contributed by atoms with Gasteiger partial charge in [-0.2, -0.15) is 0 Å². The highest BCUT2D eigenvalue weighted by atomic mass is 16.5. The number of nitrogens with one attached hydrogen (secondary N) is 2. The molecule has 3 aromatic heterocycles. The first-order chi connectivity index (χ1) is 22.1. The molecule has 3 aromatic carbocycles. The number of nitrogens with two attached hydrogens (primary N) is 1. The Morgan fingerprint density at radius 2 is 1.53 bits per heavy atom. The quantitative estimate of drug-likeness (QED) is 0.180. The average Bonchev–Trinajstić information content (AvgIpc) is 3.80. The van der Waals surface area contributed by atoms with E-state index in [-0.39, 0.29) is 17.9 Å². The molecule has 4 heterocycles. The number of ether oxygens (including phenoxy) is 1. The van der Waals surface area contributed by atoms with Gasteiger partial charge in [-0.25, -0.2) is 0 Å². The Hall–Kier alpha value is -4.89. The van der Waals surface area contributed by atoms with Crippen LogP contribution in [0.4, 0.5) is 0 Å². The summed E-state index contributed by atoms with van der Waals surface area (Å²) in [7, 11) is 1.69. The molecule has 0 radical (unpaired) electrons. The van der Waals surface area contributed by atoms with Gasteiger partial charge >= 0.3 is 0 Å². The molecule has 1 amide bonds. The van der Waals surface area contributed by atoms with E-state index in [1.165, 1.54) is 21.9 Å². The van der Waals surface area contributed by atoms with Crippen molar-refractivity contribution in [3.63, 3.8) is 0 Å². The van der Waals surface area contributed by atoms with Crippen LogP contribution in [0, 0.1) is 5.92 Å². The van der Waals surface area contributed by atoms with Crippen LogP contribution in [-0.4, -0.2) is 55.7 Å². The molecule has 0 spiro atoms.